The summed E-state index contributed by atoms with van der Waals surface area (Å²) in [5, 5.41) is 11.5. The topological polar surface area (TPSA) is 92.4 Å². The van der Waals surface area contributed by atoms with Crippen LogP contribution in [0.5, 0.6) is 0 Å². The van der Waals surface area contributed by atoms with Crippen molar-refractivity contribution in [1.82, 2.24) is 0 Å². The van der Waals surface area contributed by atoms with Crippen LogP contribution in [0.2, 0.25) is 0 Å². The van der Waals surface area contributed by atoms with E-state index in [2.05, 4.69) is 5.32 Å². The summed E-state index contributed by atoms with van der Waals surface area (Å²) < 4.78 is 13.0. The molecule has 4 N–H and O–H groups in total. The summed E-state index contributed by atoms with van der Waals surface area (Å²) in [6, 6.07) is 3.25. The third-order valence-corrected chi connectivity index (χ3v) is 3.34. The fraction of sp³-hybridized carbons (Fsp3) is 0.467. The first-order chi connectivity index (χ1) is 9.75. The highest BCUT2D eigenvalue weighted by Gasteiger charge is 2.19. The Morgan fingerprint density at radius 2 is 2.00 bits per heavy atom. The number of halogens is 1. The molecule has 0 unspecified atom stereocenters. The Morgan fingerprint density at radius 3 is 2.57 bits per heavy atom. The van der Waals surface area contributed by atoms with Crippen LogP contribution in [0.15, 0.2) is 18.2 Å². The van der Waals surface area contributed by atoms with Gasteiger partial charge in [-0.3, -0.25) is 4.79 Å². The van der Waals surface area contributed by atoms with E-state index in [9.17, 15) is 14.0 Å². The molecular weight excluding hydrogens is 275 g/mol. The molecule has 0 spiro atoms. The van der Waals surface area contributed by atoms with Gasteiger partial charge in [0.25, 0.3) is 0 Å². The van der Waals surface area contributed by atoms with Crippen molar-refractivity contribution in [3.63, 3.8) is 0 Å². The number of hydrogen-bond donors (Lipinski definition) is 3. The van der Waals surface area contributed by atoms with Crippen LogP contribution in [0.3, 0.4) is 0 Å². The highest BCUT2D eigenvalue weighted by molar-refractivity contribution is 6.00. The lowest BCUT2D eigenvalue weighted by Crippen LogP contribution is -2.21. The summed E-state index contributed by atoms with van der Waals surface area (Å²) in [7, 11) is 0. The normalized spacial score (nSPS) is 11.2. The zero-order valence-corrected chi connectivity index (χ0v) is 12.3. The second kappa shape index (κ2) is 7.17. The standard InChI is InChI=1S/C15H21FN2O3/c1-15(2,7-8-17)6-5-13(19)18-12-4-3-10(16)9-11(12)14(20)21/h3-4,9H,5-8,17H2,1-2H3,(H,18,19)(H,20,21). The van der Waals surface area contributed by atoms with Gasteiger partial charge in [0, 0.05) is 6.42 Å². The highest BCUT2D eigenvalue weighted by Crippen LogP contribution is 2.26. The molecule has 0 aliphatic rings. The average Bonchev–Trinajstić information content (AvgIpc) is 2.38. The van der Waals surface area contributed by atoms with Gasteiger partial charge >= 0.3 is 5.97 Å². The molecule has 0 saturated heterocycles. The number of aromatic carboxylic acids is 1. The first-order valence-electron chi connectivity index (χ1n) is 6.78. The molecule has 0 radical (unpaired) electrons. The van der Waals surface area contributed by atoms with Crippen molar-refractivity contribution in [3.05, 3.63) is 29.6 Å². The summed E-state index contributed by atoms with van der Waals surface area (Å²) in [5.41, 5.74) is 5.30. The number of carbonyl (C=O) groups is 2. The lowest BCUT2D eigenvalue weighted by atomic mass is 9.84. The molecule has 1 rings (SSSR count). The number of rotatable bonds is 7. The van der Waals surface area contributed by atoms with E-state index in [1.807, 2.05) is 13.8 Å². The zero-order valence-electron chi connectivity index (χ0n) is 12.3. The molecular formula is C15H21FN2O3. The Balaban J connectivity index is 2.69. The van der Waals surface area contributed by atoms with E-state index < -0.39 is 11.8 Å². The van der Waals surface area contributed by atoms with Gasteiger partial charge in [-0.1, -0.05) is 13.8 Å². The van der Waals surface area contributed by atoms with Crippen LogP contribution < -0.4 is 11.1 Å². The maximum Gasteiger partial charge on any atom is 0.337 e. The van der Waals surface area contributed by atoms with E-state index in [-0.39, 0.29) is 29.0 Å². The lowest BCUT2D eigenvalue weighted by Gasteiger charge is -2.23. The third kappa shape index (κ3) is 5.51. The monoisotopic (exact) mass is 296 g/mol. The van der Waals surface area contributed by atoms with E-state index in [1.165, 1.54) is 6.07 Å². The first kappa shape index (κ1) is 17.1. The fourth-order valence-corrected chi connectivity index (χ4v) is 1.98. The predicted molar refractivity (Wildman–Crippen MR) is 78.7 cm³/mol. The van der Waals surface area contributed by atoms with E-state index in [1.54, 1.807) is 0 Å². The van der Waals surface area contributed by atoms with Crippen LogP contribution >= 0.6 is 0 Å². The van der Waals surface area contributed by atoms with Gasteiger partial charge in [-0.25, -0.2) is 9.18 Å². The largest absolute Gasteiger partial charge is 0.478 e. The number of hydrogen-bond acceptors (Lipinski definition) is 3. The van der Waals surface area contributed by atoms with E-state index in [0.29, 0.717) is 13.0 Å². The summed E-state index contributed by atoms with van der Waals surface area (Å²) >= 11 is 0. The van der Waals surface area contributed by atoms with E-state index in [0.717, 1.165) is 18.6 Å². The van der Waals surface area contributed by atoms with Crippen LogP contribution in [-0.4, -0.2) is 23.5 Å². The number of carboxylic acids is 1. The lowest BCUT2D eigenvalue weighted by molar-refractivity contribution is -0.116. The van der Waals surface area contributed by atoms with Gasteiger partial charge in [0.15, 0.2) is 0 Å². The third-order valence-electron chi connectivity index (χ3n) is 3.34. The van der Waals surface area contributed by atoms with Gasteiger partial charge in [0.2, 0.25) is 5.91 Å². The summed E-state index contributed by atoms with van der Waals surface area (Å²) in [4.78, 5) is 22.9. The van der Waals surface area contributed by atoms with E-state index in [4.69, 9.17) is 10.8 Å². The Kier molecular flexibility index (Phi) is 5.84. The predicted octanol–water partition coefficient (Wildman–Crippen LogP) is 2.62. The number of carbonyl (C=O) groups excluding carboxylic acids is 1. The average molecular weight is 296 g/mol. The first-order valence-corrected chi connectivity index (χ1v) is 6.78. The molecule has 0 atom stereocenters. The molecule has 1 aromatic rings. The van der Waals surface area contributed by atoms with Crippen molar-refractivity contribution >= 4 is 17.6 Å². The highest BCUT2D eigenvalue weighted by atomic mass is 19.1. The van der Waals surface area contributed by atoms with Crippen LogP contribution in [0.25, 0.3) is 0 Å². The van der Waals surface area contributed by atoms with Crippen molar-refractivity contribution in [3.8, 4) is 0 Å². The van der Waals surface area contributed by atoms with Crippen molar-refractivity contribution in [1.29, 1.82) is 0 Å². The smallest absolute Gasteiger partial charge is 0.337 e. The quantitative estimate of drug-likeness (QED) is 0.721. The zero-order chi connectivity index (χ0) is 16.0. The van der Waals surface area contributed by atoms with Crippen molar-refractivity contribution < 1.29 is 19.1 Å². The molecule has 0 aliphatic carbocycles. The molecule has 5 nitrogen and oxygen atoms in total. The van der Waals surface area contributed by atoms with Crippen molar-refractivity contribution in [2.75, 3.05) is 11.9 Å². The summed E-state index contributed by atoms with van der Waals surface area (Å²) in [5.74, 6) is -2.24. The molecule has 1 amide bonds. The van der Waals surface area contributed by atoms with E-state index >= 15 is 0 Å². The van der Waals surface area contributed by atoms with Gasteiger partial charge < -0.3 is 16.2 Å². The second-order valence-electron chi connectivity index (χ2n) is 5.75. The molecule has 0 saturated carbocycles. The minimum Gasteiger partial charge on any atom is -0.478 e. The number of nitrogens with two attached hydrogens (primary N) is 1. The molecule has 0 bridgehead atoms. The Hall–Kier alpha value is -1.95. The van der Waals surface area contributed by atoms with Crippen LogP contribution in [0, 0.1) is 11.2 Å². The number of benzene rings is 1. The maximum atomic E-state index is 13.0. The molecule has 6 heteroatoms. The van der Waals surface area contributed by atoms with Gasteiger partial charge in [-0.2, -0.15) is 0 Å². The second-order valence-corrected chi connectivity index (χ2v) is 5.75. The number of nitrogens with one attached hydrogen (secondary N) is 1. The fourth-order valence-electron chi connectivity index (χ4n) is 1.98. The number of anilines is 1. The van der Waals surface area contributed by atoms with Crippen LogP contribution in [0.1, 0.15) is 43.5 Å². The molecule has 0 heterocycles. The van der Waals surface area contributed by atoms with Crippen molar-refractivity contribution in [2.24, 2.45) is 11.1 Å². The number of carboxylic acid groups (broad SMARTS) is 1. The Morgan fingerprint density at radius 1 is 1.33 bits per heavy atom. The van der Waals surface area contributed by atoms with Gasteiger partial charge in [0.1, 0.15) is 5.82 Å². The van der Waals surface area contributed by atoms with Gasteiger partial charge in [-0.15, -0.1) is 0 Å². The molecule has 0 aromatic heterocycles. The van der Waals surface area contributed by atoms with Crippen molar-refractivity contribution in [2.45, 2.75) is 33.1 Å². The summed E-state index contributed by atoms with van der Waals surface area (Å²) in [6.45, 7) is 4.59. The van der Waals surface area contributed by atoms with Crippen LogP contribution in [-0.2, 0) is 4.79 Å². The summed E-state index contributed by atoms with van der Waals surface area (Å²) in [6.07, 6.45) is 1.69. The van der Waals surface area contributed by atoms with Gasteiger partial charge in [0.05, 0.1) is 11.3 Å². The molecule has 0 aliphatic heterocycles. The SMILES string of the molecule is CC(C)(CCN)CCC(=O)Nc1ccc(F)cc1C(=O)O. The van der Waals surface area contributed by atoms with Gasteiger partial charge in [-0.05, 0) is 43.0 Å². The Bertz CT molecular complexity index is 530. The minimum atomic E-state index is -1.28. The molecule has 116 valence electrons. The minimum absolute atomic E-state index is 0.0511. The molecule has 0 fully saturated rings. The number of amides is 1. The maximum absolute atomic E-state index is 13.0. The molecule has 21 heavy (non-hydrogen) atoms. The van der Waals surface area contributed by atoms with Crippen LogP contribution in [0.4, 0.5) is 10.1 Å². The molecule has 1 aromatic carbocycles. The Labute approximate surface area is 123 Å².